The Balaban J connectivity index is 0.789. The van der Waals surface area contributed by atoms with Gasteiger partial charge in [0.25, 0.3) is 0 Å². The van der Waals surface area contributed by atoms with Gasteiger partial charge in [0, 0.05) is 27.8 Å². The maximum Gasteiger partial charge on any atom is 0.160 e. The molecule has 0 saturated carbocycles. The molecule has 78 heavy (non-hydrogen) atoms. The molecule has 0 spiro atoms. The Hall–Kier alpha value is -10.4. The van der Waals surface area contributed by atoms with E-state index in [0.717, 1.165) is 89.5 Å². The van der Waals surface area contributed by atoms with Crippen molar-refractivity contribution in [3.05, 3.63) is 309 Å². The maximum atomic E-state index is 5.28. The van der Waals surface area contributed by atoms with Crippen LogP contribution in [0.3, 0.4) is 0 Å². The van der Waals surface area contributed by atoms with Gasteiger partial charge in [-0.15, -0.1) is 0 Å². The molecule has 3 heteroatoms. The fourth-order valence-corrected chi connectivity index (χ4v) is 10.3. The lowest BCUT2D eigenvalue weighted by atomic mass is 9.95. The zero-order valence-electron chi connectivity index (χ0n) is 42.8. The van der Waals surface area contributed by atoms with E-state index in [1.165, 1.54) is 38.9 Å². The maximum absolute atomic E-state index is 5.28. The molecule has 0 saturated heterocycles. The predicted molar refractivity (Wildman–Crippen MR) is 325 cm³/mol. The van der Waals surface area contributed by atoms with Gasteiger partial charge in [-0.25, -0.2) is 15.0 Å². The molecular weight excluding hydrogens is 943 g/mol. The molecule has 0 aliphatic carbocycles. The first-order valence-electron chi connectivity index (χ1n) is 26.5. The van der Waals surface area contributed by atoms with E-state index in [0.29, 0.717) is 5.82 Å². The summed E-state index contributed by atoms with van der Waals surface area (Å²) in [5.41, 5.74) is 25.0. The molecule has 13 rings (SSSR count). The van der Waals surface area contributed by atoms with Crippen molar-refractivity contribution < 1.29 is 0 Å². The van der Waals surface area contributed by atoms with Crippen LogP contribution < -0.4 is 0 Å². The van der Waals surface area contributed by atoms with Crippen molar-refractivity contribution >= 4 is 0 Å². The first-order chi connectivity index (χ1) is 38.6. The summed E-state index contributed by atoms with van der Waals surface area (Å²) in [6, 6.07) is 110. The number of nitrogens with zero attached hydrogens (tertiary/aromatic N) is 3. The van der Waals surface area contributed by atoms with Crippen LogP contribution in [0.25, 0.3) is 134 Å². The molecule has 0 bridgehead atoms. The summed E-state index contributed by atoms with van der Waals surface area (Å²) in [7, 11) is 0. The fraction of sp³-hybridized carbons (Fsp3) is 0. The van der Waals surface area contributed by atoms with E-state index in [-0.39, 0.29) is 0 Å². The molecular formula is C75H51N3. The minimum atomic E-state index is 0.685. The molecule has 3 nitrogen and oxygen atoms in total. The summed E-state index contributed by atoms with van der Waals surface area (Å²) in [5.74, 6) is 0.685. The molecule has 2 heterocycles. The monoisotopic (exact) mass is 993 g/mol. The van der Waals surface area contributed by atoms with Crippen LogP contribution in [0, 0.1) is 0 Å². The molecule has 0 amide bonds. The normalized spacial score (nSPS) is 11.1. The molecule has 366 valence electrons. The summed E-state index contributed by atoms with van der Waals surface area (Å²) < 4.78 is 0. The van der Waals surface area contributed by atoms with Crippen LogP contribution in [-0.4, -0.2) is 15.0 Å². The third-order valence-corrected chi connectivity index (χ3v) is 14.6. The number of hydrogen-bond acceptors (Lipinski definition) is 3. The highest BCUT2D eigenvalue weighted by Crippen LogP contribution is 2.36. The quantitative estimate of drug-likeness (QED) is 0.122. The second-order valence-corrected chi connectivity index (χ2v) is 19.6. The minimum Gasteiger partial charge on any atom is -0.248 e. The molecule has 0 fully saturated rings. The summed E-state index contributed by atoms with van der Waals surface area (Å²) in [6.07, 6.45) is 0. The third kappa shape index (κ3) is 10.2. The van der Waals surface area contributed by atoms with E-state index >= 15 is 0 Å². The van der Waals surface area contributed by atoms with Crippen LogP contribution in [0.4, 0.5) is 0 Å². The number of pyridine rings is 1. The van der Waals surface area contributed by atoms with Crippen LogP contribution in [0.2, 0.25) is 0 Å². The van der Waals surface area contributed by atoms with Gasteiger partial charge in [-0.05, 0) is 102 Å². The predicted octanol–water partition coefficient (Wildman–Crippen LogP) is 19.9. The van der Waals surface area contributed by atoms with Gasteiger partial charge in [-0.3, -0.25) is 0 Å². The fourth-order valence-electron chi connectivity index (χ4n) is 10.3. The number of rotatable bonds is 12. The Morgan fingerprint density at radius 1 is 0.128 bits per heavy atom. The largest absolute Gasteiger partial charge is 0.248 e. The van der Waals surface area contributed by atoms with Crippen molar-refractivity contribution in [3.8, 4) is 134 Å². The van der Waals surface area contributed by atoms with Crippen LogP contribution in [0.5, 0.6) is 0 Å². The highest BCUT2D eigenvalue weighted by atomic mass is 14.9. The number of benzene rings is 11. The first kappa shape index (κ1) is 47.4. The second-order valence-electron chi connectivity index (χ2n) is 19.6. The molecule has 0 radical (unpaired) electrons. The van der Waals surface area contributed by atoms with Gasteiger partial charge in [0.15, 0.2) is 5.82 Å². The SMILES string of the molecule is c1ccc(-c2ccc(-c3cc(-c4ccc(-c5cccc(-c6ccc(-c7cc(-c8ccc(-c9ccccc9)cc8)nc(-c8ccc(-c9ccccc9)cc8)n7)cc6)c5)cc4)cc(-c4ccc(-c5ccccc5)cc4)n3)cc2)cc1. The minimum absolute atomic E-state index is 0.685. The Morgan fingerprint density at radius 3 is 0.654 bits per heavy atom. The standard InChI is InChI=1S/C75H51N3/c1-5-14-52(15-6-1)56-28-38-63(39-29-56)71-49-70(50-72(76-71)64-40-30-57(31-41-64)53-16-7-2-8-17-53)62-26-24-60(25-27-62)68-22-13-23-69(48-68)61-34-44-66(45-35-61)74-51-73(65-42-32-58(33-43-65)54-18-9-3-10-19-54)77-75(78-74)67-46-36-59(37-47-67)55-20-11-4-12-21-55/h1-51H. The zero-order valence-corrected chi connectivity index (χ0v) is 42.8. The summed E-state index contributed by atoms with van der Waals surface area (Å²) >= 11 is 0. The Bertz CT molecular complexity index is 3670. The number of aromatic nitrogens is 3. The molecule has 13 aromatic rings. The van der Waals surface area contributed by atoms with Crippen molar-refractivity contribution in [3.63, 3.8) is 0 Å². The molecule has 0 aliphatic heterocycles. The van der Waals surface area contributed by atoms with Gasteiger partial charge >= 0.3 is 0 Å². The van der Waals surface area contributed by atoms with Gasteiger partial charge in [0.1, 0.15) is 0 Å². The van der Waals surface area contributed by atoms with Crippen LogP contribution in [0.1, 0.15) is 0 Å². The van der Waals surface area contributed by atoms with E-state index in [1.807, 2.05) is 12.1 Å². The molecule has 0 N–H and O–H groups in total. The molecule has 0 atom stereocenters. The van der Waals surface area contributed by atoms with Gasteiger partial charge in [0.05, 0.1) is 22.8 Å². The first-order valence-corrected chi connectivity index (χ1v) is 26.5. The summed E-state index contributed by atoms with van der Waals surface area (Å²) in [5, 5.41) is 0. The van der Waals surface area contributed by atoms with Gasteiger partial charge in [0.2, 0.25) is 0 Å². The van der Waals surface area contributed by atoms with Crippen molar-refractivity contribution in [2.24, 2.45) is 0 Å². The highest BCUT2D eigenvalue weighted by molar-refractivity contribution is 5.82. The lowest BCUT2D eigenvalue weighted by molar-refractivity contribution is 1.18. The van der Waals surface area contributed by atoms with Gasteiger partial charge in [-0.1, -0.05) is 285 Å². The van der Waals surface area contributed by atoms with Gasteiger partial charge < -0.3 is 0 Å². The van der Waals surface area contributed by atoms with Crippen molar-refractivity contribution in [2.45, 2.75) is 0 Å². The Labute approximate surface area is 456 Å². The summed E-state index contributed by atoms with van der Waals surface area (Å²) in [4.78, 5) is 15.7. The van der Waals surface area contributed by atoms with E-state index in [4.69, 9.17) is 15.0 Å². The van der Waals surface area contributed by atoms with Gasteiger partial charge in [-0.2, -0.15) is 0 Å². The second kappa shape index (κ2) is 21.5. The molecule has 0 aliphatic rings. The van der Waals surface area contributed by atoms with Crippen molar-refractivity contribution in [1.82, 2.24) is 15.0 Å². The average molecular weight is 994 g/mol. The van der Waals surface area contributed by atoms with E-state index in [9.17, 15) is 0 Å². The topological polar surface area (TPSA) is 38.7 Å². The van der Waals surface area contributed by atoms with Crippen LogP contribution in [0.15, 0.2) is 309 Å². The molecule has 2 aromatic heterocycles. The smallest absolute Gasteiger partial charge is 0.160 e. The Kier molecular flexibility index (Phi) is 13.0. The lowest BCUT2D eigenvalue weighted by Gasteiger charge is -2.13. The number of hydrogen-bond donors (Lipinski definition) is 0. The molecule has 0 unspecified atom stereocenters. The zero-order chi connectivity index (χ0) is 52.0. The van der Waals surface area contributed by atoms with E-state index < -0.39 is 0 Å². The van der Waals surface area contributed by atoms with E-state index in [2.05, 4.69) is 297 Å². The highest BCUT2D eigenvalue weighted by Gasteiger charge is 2.15. The third-order valence-electron chi connectivity index (χ3n) is 14.6. The average Bonchev–Trinajstić information content (AvgIpc) is 3.54. The lowest BCUT2D eigenvalue weighted by Crippen LogP contribution is -1.96. The Morgan fingerprint density at radius 2 is 0.346 bits per heavy atom. The van der Waals surface area contributed by atoms with Crippen LogP contribution >= 0.6 is 0 Å². The molecule has 11 aromatic carbocycles. The van der Waals surface area contributed by atoms with Crippen molar-refractivity contribution in [1.29, 1.82) is 0 Å². The van der Waals surface area contributed by atoms with E-state index in [1.54, 1.807) is 0 Å². The summed E-state index contributed by atoms with van der Waals surface area (Å²) in [6.45, 7) is 0. The van der Waals surface area contributed by atoms with Crippen molar-refractivity contribution in [2.75, 3.05) is 0 Å². The van der Waals surface area contributed by atoms with Crippen LogP contribution in [-0.2, 0) is 0 Å².